The number of para-hydroxylation sites is 1. The van der Waals surface area contributed by atoms with Crippen molar-refractivity contribution >= 4 is 22.5 Å². The molecule has 3 heterocycles. The molecule has 1 aliphatic rings. The molecule has 0 spiro atoms. The van der Waals surface area contributed by atoms with Crippen molar-refractivity contribution in [3.05, 3.63) is 53.6 Å². The van der Waals surface area contributed by atoms with Gasteiger partial charge in [-0.15, -0.1) is 5.10 Å². The van der Waals surface area contributed by atoms with Crippen LogP contribution in [0.15, 0.2) is 36.5 Å². The van der Waals surface area contributed by atoms with Crippen LogP contribution in [-0.2, 0) is 6.42 Å². The average Bonchev–Trinajstić information content (AvgIpc) is 3.12. The van der Waals surface area contributed by atoms with Gasteiger partial charge in [-0.2, -0.15) is 17.7 Å². The van der Waals surface area contributed by atoms with E-state index in [1.165, 1.54) is 10.6 Å². The molecule has 2 N–H and O–H groups in total. The quantitative estimate of drug-likeness (QED) is 0.528. The predicted molar refractivity (Wildman–Crippen MR) is 108 cm³/mol. The SMILES string of the molecule is COc1cccc2c1nc(N)n1nc([C@H]3C[C@H](c4ccc(CC(F)(F)F)nc4)C3)nc21. The number of halogens is 3. The summed E-state index contributed by atoms with van der Waals surface area (Å²) in [5.41, 5.74) is 8.31. The van der Waals surface area contributed by atoms with Crippen molar-refractivity contribution in [2.75, 3.05) is 12.8 Å². The zero-order chi connectivity index (χ0) is 21.8. The Balaban J connectivity index is 1.37. The van der Waals surface area contributed by atoms with Gasteiger partial charge in [0.1, 0.15) is 11.3 Å². The van der Waals surface area contributed by atoms with Crippen molar-refractivity contribution in [1.29, 1.82) is 0 Å². The van der Waals surface area contributed by atoms with Gasteiger partial charge in [0.05, 0.1) is 13.5 Å². The van der Waals surface area contributed by atoms with Gasteiger partial charge in [-0.1, -0.05) is 12.1 Å². The molecule has 0 aliphatic heterocycles. The summed E-state index contributed by atoms with van der Waals surface area (Å²) >= 11 is 0. The first kappa shape index (κ1) is 19.5. The van der Waals surface area contributed by atoms with Crippen LogP contribution in [0.1, 0.15) is 41.8 Å². The van der Waals surface area contributed by atoms with E-state index in [4.69, 9.17) is 15.5 Å². The van der Waals surface area contributed by atoms with E-state index < -0.39 is 12.6 Å². The van der Waals surface area contributed by atoms with Crippen LogP contribution in [0, 0.1) is 0 Å². The Bertz CT molecular complexity index is 1260. The van der Waals surface area contributed by atoms with E-state index in [9.17, 15) is 13.2 Å². The lowest BCUT2D eigenvalue weighted by Crippen LogP contribution is -2.21. The lowest BCUT2D eigenvalue weighted by molar-refractivity contribution is -0.127. The van der Waals surface area contributed by atoms with Crippen molar-refractivity contribution in [2.24, 2.45) is 0 Å². The summed E-state index contributed by atoms with van der Waals surface area (Å²) in [7, 11) is 1.57. The summed E-state index contributed by atoms with van der Waals surface area (Å²) in [6.45, 7) is 0. The lowest BCUT2D eigenvalue weighted by Gasteiger charge is -2.33. The Kier molecular flexibility index (Phi) is 4.45. The number of alkyl halides is 3. The summed E-state index contributed by atoms with van der Waals surface area (Å²) in [5.74, 6) is 1.88. The van der Waals surface area contributed by atoms with E-state index in [2.05, 4.69) is 15.1 Å². The number of ether oxygens (including phenoxy) is 1. The van der Waals surface area contributed by atoms with E-state index >= 15 is 0 Å². The Morgan fingerprint density at radius 3 is 2.61 bits per heavy atom. The van der Waals surface area contributed by atoms with E-state index in [-0.39, 0.29) is 23.5 Å². The molecular formula is C21H19F3N6O. The Morgan fingerprint density at radius 1 is 1.13 bits per heavy atom. The zero-order valence-corrected chi connectivity index (χ0v) is 16.6. The zero-order valence-electron chi connectivity index (χ0n) is 16.6. The highest BCUT2D eigenvalue weighted by molar-refractivity contribution is 5.95. The Morgan fingerprint density at radius 2 is 1.94 bits per heavy atom. The second-order valence-electron chi connectivity index (χ2n) is 7.77. The van der Waals surface area contributed by atoms with Crippen molar-refractivity contribution in [1.82, 2.24) is 24.6 Å². The van der Waals surface area contributed by atoms with Gasteiger partial charge in [-0.3, -0.25) is 4.98 Å². The average molecular weight is 428 g/mol. The highest BCUT2D eigenvalue weighted by Crippen LogP contribution is 2.46. The van der Waals surface area contributed by atoms with Crippen molar-refractivity contribution in [2.45, 2.75) is 37.3 Å². The molecule has 31 heavy (non-hydrogen) atoms. The molecule has 0 amide bonds. The predicted octanol–water partition coefficient (Wildman–Crippen LogP) is 4.03. The van der Waals surface area contributed by atoms with E-state index in [1.807, 2.05) is 18.2 Å². The molecule has 160 valence electrons. The maximum absolute atomic E-state index is 12.5. The van der Waals surface area contributed by atoms with Crippen LogP contribution in [0.3, 0.4) is 0 Å². The Labute approximate surface area is 175 Å². The minimum absolute atomic E-state index is 0.0272. The molecule has 0 bridgehead atoms. The minimum atomic E-state index is -4.25. The molecule has 3 aromatic heterocycles. The summed E-state index contributed by atoms with van der Waals surface area (Å²) in [6, 6.07) is 8.75. The number of methoxy groups -OCH3 is 1. The largest absolute Gasteiger partial charge is 0.494 e. The van der Waals surface area contributed by atoms with E-state index in [0.29, 0.717) is 22.7 Å². The van der Waals surface area contributed by atoms with E-state index in [1.54, 1.807) is 19.4 Å². The van der Waals surface area contributed by atoms with Gasteiger partial charge in [0.15, 0.2) is 11.5 Å². The number of hydrogen-bond acceptors (Lipinski definition) is 6. The molecule has 0 saturated heterocycles. The van der Waals surface area contributed by atoms with Gasteiger partial charge >= 0.3 is 6.18 Å². The normalized spacial score (nSPS) is 19.0. The fourth-order valence-corrected chi connectivity index (χ4v) is 4.07. The second kappa shape index (κ2) is 7.07. The lowest BCUT2D eigenvalue weighted by atomic mass is 9.71. The molecule has 1 fully saturated rings. The molecule has 0 atom stereocenters. The number of fused-ring (bicyclic) bond motifs is 3. The number of aromatic nitrogens is 5. The van der Waals surface area contributed by atoms with Crippen LogP contribution >= 0.6 is 0 Å². The molecule has 5 rings (SSSR count). The molecule has 0 radical (unpaired) electrons. The number of benzene rings is 1. The number of nitrogens with two attached hydrogens (primary N) is 1. The van der Waals surface area contributed by atoms with Crippen LogP contribution in [0.4, 0.5) is 19.1 Å². The maximum atomic E-state index is 12.5. The highest BCUT2D eigenvalue weighted by Gasteiger charge is 2.35. The van der Waals surface area contributed by atoms with E-state index in [0.717, 1.165) is 23.8 Å². The molecule has 7 nitrogen and oxygen atoms in total. The summed E-state index contributed by atoms with van der Waals surface area (Å²) in [6.07, 6.45) is -2.13. The number of anilines is 1. The van der Waals surface area contributed by atoms with Crippen molar-refractivity contribution in [3.8, 4) is 5.75 Å². The molecule has 0 unspecified atom stereocenters. The smallest absolute Gasteiger partial charge is 0.394 e. The first-order valence-electron chi connectivity index (χ1n) is 9.83. The number of rotatable bonds is 4. The Hall–Kier alpha value is -3.43. The minimum Gasteiger partial charge on any atom is -0.494 e. The molecule has 1 aliphatic carbocycles. The number of nitrogen functional groups attached to an aromatic ring is 1. The van der Waals surface area contributed by atoms with Gasteiger partial charge in [-0.25, -0.2) is 9.97 Å². The van der Waals surface area contributed by atoms with Gasteiger partial charge < -0.3 is 10.5 Å². The fourth-order valence-electron chi connectivity index (χ4n) is 4.07. The highest BCUT2D eigenvalue weighted by atomic mass is 19.4. The van der Waals surface area contributed by atoms with Crippen molar-refractivity contribution in [3.63, 3.8) is 0 Å². The van der Waals surface area contributed by atoms with Gasteiger partial charge in [0, 0.05) is 23.2 Å². The first-order valence-corrected chi connectivity index (χ1v) is 9.83. The summed E-state index contributed by atoms with van der Waals surface area (Å²) < 4.78 is 44.4. The third-order valence-corrected chi connectivity index (χ3v) is 5.73. The fraction of sp³-hybridized carbons (Fsp3) is 0.333. The molecule has 1 aromatic carbocycles. The molecule has 1 saturated carbocycles. The summed E-state index contributed by atoms with van der Waals surface area (Å²) in [4.78, 5) is 13.1. The van der Waals surface area contributed by atoms with Crippen LogP contribution in [0.25, 0.3) is 16.6 Å². The maximum Gasteiger partial charge on any atom is 0.394 e. The molecule has 10 heteroatoms. The number of nitrogens with zero attached hydrogens (tertiary/aromatic N) is 5. The van der Waals surface area contributed by atoms with Gasteiger partial charge in [-0.05, 0) is 42.5 Å². The first-order chi connectivity index (χ1) is 14.8. The monoisotopic (exact) mass is 428 g/mol. The van der Waals surface area contributed by atoms with Crippen molar-refractivity contribution < 1.29 is 17.9 Å². The van der Waals surface area contributed by atoms with Crippen LogP contribution in [-0.4, -0.2) is 37.9 Å². The third-order valence-electron chi connectivity index (χ3n) is 5.73. The van der Waals surface area contributed by atoms with Gasteiger partial charge in [0.25, 0.3) is 0 Å². The van der Waals surface area contributed by atoms with Gasteiger partial charge in [0.2, 0.25) is 5.95 Å². The van der Waals surface area contributed by atoms with Crippen LogP contribution < -0.4 is 10.5 Å². The van der Waals surface area contributed by atoms with Crippen LogP contribution in [0.2, 0.25) is 0 Å². The number of hydrogen-bond donors (Lipinski definition) is 1. The number of pyridine rings is 1. The van der Waals surface area contributed by atoms with Crippen LogP contribution in [0.5, 0.6) is 5.75 Å². The standard InChI is InChI=1S/C21H19F3N6O/c1-31-16-4-2-3-15-17(16)27-20(25)30-19(15)28-18(29-30)13-7-12(8-13)11-5-6-14(26-10-11)9-21(22,23)24/h2-6,10,12-13H,7-9H2,1H3,(H2,25,27)/t12-,13-. The third kappa shape index (κ3) is 3.51. The topological polar surface area (TPSA) is 91.2 Å². The summed E-state index contributed by atoms with van der Waals surface area (Å²) in [5, 5.41) is 5.36. The molecular weight excluding hydrogens is 409 g/mol. The second-order valence-corrected chi connectivity index (χ2v) is 7.77. The molecule has 4 aromatic rings.